The maximum absolute atomic E-state index is 12.4. The number of halogens is 2. The van der Waals surface area contributed by atoms with Crippen molar-refractivity contribution in [3.05, 3.63) is 29.0 Å². The van der Waals surface area contributed by atoms with Crippen molar-refractivity contribution in [2.75, 3.05) is 0 Å². The summed E-state index contributed by atoms with van der Waals surface area (Å²) in [5.74, 6) is 0.555. The van der Waals surface area contributed by atoms with Crippen molar-refractivity contribution in [2.45, 2.75) is 25.1 Å². The van der Waals surface area contributed by atoms with E-state index in [-0.39, 0.29) is 10.7 Å². The number of hydrogen-bond donors (Lipinski definition) is 0. The molecule has 0 saturated heterocycles. The van der Waals surface area contributed by atoms with Crippen LogP contribution in [-0.2, 0) is 6.42 Å². The summed E-state index contributed by atoms with van der Waals surface area (Å²) in [6, 6.07) is 5.28. The van der Waals surface area contributed by atoms with Crippen molar-refractivity contribution >= 4 is 55.8 Å². The second-order valence-electron chi connectivity index (χ2n) is 4.68. The molecule has 7 heteroatoms. The van der Waals surface area contributed by atoms with Gasteiger partial charge in [-0.15, -0.1) is 0 Å². The zero-order valence-corrected chi connectivity index (χ0v) is 13.8. The predicted octanol–water partition coefficient (Wildman–Crippen LogP) is 3.62. The second kappa shape index (κ2) is 5.35. The van der Waals surface area contributed by atoms with Gasteiger partial charge in [0.2, 0.25) is 5.91 Å². The van der Waals surface area contributed by atoms with Gasteiger partial charge >= 0.3 is 0 Å². The molecule has 0 amide bonds. The average molecular weight is 368 g/mol. The lowest BCUT2D eigenvalue weighted by molar-refractivity contribution is 0.0918. The second-order valence-corrected chi connectivity index (χ2v) is 6.49. The first-order valence-electron chi connectivity index (χ1n) is 6.54. The summed E-state index contributed by atoms with van der Waals surface area (Å²) in [7, 11) is 0. The Kier molecular flexibility index (Phi) is 3.67. The molecule has 5 nitrogen and oxygen atoms in total. The maximum atomic E-state index is 12.4. The van der Waals surface area contributed by atoms with E-state index in [4.69, 9.17) is 11.6 Å². The molecule has 3 rings (SSSR count). The molecular formula is C14H12BrClN4O. The van der Waals surface area contributed by atoms with Gasteiger partial charge in [-0.3, -0.25) is 4.79 Å². The smallest absolute Gasteiger partial charge is 0.247 e. The molecule has 0 saturated carbocycles. The third kappa shape index (κ3) is 2.42. The van der Waals surface area contributed by atoms with Gasteiger partial charge in [0.15, 0.2) is 11.3 Å². The number of rotatable bonds is 2. The van der Waals surface area contributed by atoms with Crippen LogP contribution >= 0.6 is 27.5 Å². The molecule has 21 heavy (non-hydrogen) atoms. The van der Waals surface area contributed by atoms with Crippen LogP contribution < -0.4 is 0 Å². The number of aromatic nitrogens is 4. The first kappa shape index (κ1) is 14.4. The fourth-order valence-electron chi connectivity index (χ4n) is 2.17. The zero-order chi connectivity index (χ0) is 15.1. The number of fused-ring (bicyclic) bond motifs is 2. The number of nitrogens with zero attached hydrogens (tertiary/aromatic N) is 4. The number of benzene rings is 1. The summed E-state index contributed by atoms with van der Waals surface area (Å²) in [5.41, 5.74) is 2.30. The molecule has 1 atom stereocenters. The standard InChI is InChI=1S/C14H12BrClN4O/c1-3-11-19-12-13(20(11)14(21)7(2)15)18-9-5-4-8(16)6-10(9)17-12/h4-7H,3H2,1-2H3. The van der Waals surface area contributed by atoms with E-state index in [9.17, 15) is 4.79 Å². The van der Waals surface area contributed by atoms with E-state index >= 15 is 0 Å². The highest BCUT2D eigenvalue weighted by Crippen LogP contribution is 2.21. The van der Waals surface area contributed by atoms with Gasteiger partial charge < -0.3 is 0 Å². The molecule has 0 radical (unpaired) electrons. The predicted molar refractivity (Wildman–Crippen MR) is 86.2 cm³/mol. The van der Waals surface area contributed by atoms with Crippen LogP contribution in [-0.4, -0.2) is 30.3 Å². The van der Waals surface area contributed by atoms with Crippen LogP contribution in [0.15, 0.2) is 18.2 Å². The van der Waals surface area contributed by atoms with E-state index in [2.05, 4.69) is 30.9 Å². The molecule has 0 aliphatic carbocycles. The summed E-state index contributed by atoms with van der Waals surface area (Å²) in [4.78, 5) is 25.5. The van der Waals surface area contributed by atoms with Crippen molar-refractivity contribution < 1.29 is 4.79 Å². The number of alkyl halides is 1. The van der Waals surface area contributed by atoms with Gasteiger partial charge in [-0.1, -0.05) is 34.5 Å². The highest BCUT2D eigenvalue weighted by atomic mass is 79.9. The monoisotopic (exact) mass is 366 g/mol. The van der Waals surface area contributed by atoms with E-state index in [0.717, 1.165) is 0 Å². The van der Waals surface area contributed by atoms with Gasteiger partial charge in [0.1, 0.15) is 5.82 Å². The summed E-state index contributed by atoms with van der Waals surface area (Å²) < 4.78 is 1.54. The first-order valence-corrected chi connectivity index (χ1v) is 7.83. The van der Waals surface area contributed by atoms with Crippen LogP contribution in [0.2, 0.25) is 5.02 Å². The van der Waals surface area contributed by atoms with Gasteiger partial charge in [0.25, 0.3) is 0 Å². The fourth-order valence-corrected chi connectivity index (χ4v) is 2.55. The van der Waals surface area contributed by atoms with Crippen molar-refractivity contribution in [2.24, 2.45) is 0 Å². The molecule has 0 aliphatic heterocycles. The zero-order valence-electron chi connectivity index (χ0n) is 11.5. The molecule has 0 aliphatic rings. The quantitative estimate of drug-likeness (QED) is 0.649. The van der Waals surface area contributed by atoms with Crippen molar-refractivity contribution in [3.8, 4) is 0 Å². The van der Waals surface area contributed by atoms with Crippen LogP contribution in [0, 0.1) is 0 Å². The van der Waals surface area contributed by atoms with Crippen LogP contribution in [0.25, 0.3) is 22.3 Å². The molecule has 0 bridgehead atoms. The van der Waals surface area contributed by atoms with E-state index in [0.29, 0.717) is 39.6 Å². The third-order valence-corrected chi connectivity index (χ3v) is 3.80. The maximum Gasteiger partial charge on any atom is 0.247 e. The summed E-state index contributed by atoms with van der Waals surface area (Å²) >= 11 is 9.28. The number of aryl methyl sites for hydroxylation is 1. The van der Waals surface area contributed by atoms with Crippen LogP contribution in [0.5, 0.6) is 0 Å². The Morgan fingerprint density at radius 1 is 1.33 bits per heavy atom. The first-order chi connectivity index (χ1) is 10.0. The molecule has 1 aromatic carbocycles. The molecule has 1 unspecified atom stereocenters. The molecule has 2 aromatic heterocycles. The Labute approximate surface area is 134 Å². The Balaban J connectivity index is 2.35. The SMILES string of the molecule is CCc1nc2nc3cc(Cl)ccc3nc2n1C(=O)C(C)Br. The number of carbonyl (C=O) groups is 1. The van der Waals surface area contributed by atoms with E-state index in [1.54, 1.807) is 25.1 Å². The van der Waals surface area contributed by atoms with Gasteiger partial charge in [0.05, 0.1) is 15.9 Å². The largest absolute Gasteiger partial charge is 0.273 e. The summed E-state index contributed by atoms with van der Waals surface area (Å²) in [6.45, 7) is 3.72. The highest BCUT2D eigenvalue weighted by molar-refractivity contribution is 9.10. The van der Waals surface area contributed by atoms with Gasteiger partial charge in [-0.05, 0) is 25.1 Å². The van der Waals surface area contributed by atoms with Crippen molar-refractivity contribution in [3.63, 3.8) is 0 Å². The Morgan fingerprint density at radius 2 is 2.10 bits per heavy atom. The molecule has 3 aromatic rings. The molecular weight excluding hydrogens is 356 g/mol. The van der Waals surface area contributed by atoms with E-state index in [1.807, 2.05) is 6.92 Å². The normalized spacial score (nSPS) is 13.0. The van der Waals surface area contributed by atoms with Crippen LogP contribution in [0.4, 0.5) is 0 Å². The van der Waals surface area contributed by atoms with Gasteiger partial charge in [0, 0.05) is 11.4 Å². The van der Waals surface area contributed by atoms with Crippen LogP contribution in [0.3, 0.4) is 0 Å². The molecule has 0 spiro atoms. The fraction of sp³-hybridized carbons (Fsp3) is 0.286. The molecule has 0 N–H and O–H groups in total. The number of carbonyl (C=O) groups excluding carboxylic acids is 1. The minimum atomic E-state index is -0.317. The average Bonchev–Trinajstić information content (AvgIpc) is 2.81. The highest BCUT2D eigenvalue weighted by Gasteiger charge is 2.21. The molecule has 2 heterocycles. The van der Waals surface area contributed by atoms with E-state index < -0.39 is 0 Å². The van der Waals surface area contributed by atoms with E-state index in [1.165, 1.54) is 4.57 Å². The topological polar surface area (TPSA) is 60.7 Å². The Bertz CT molecular complexity index is 859. The molecule has 0 fully saturated rings. The lowest BCUT2D eigenvalue weighted by Gasteiger charge is -2.07. The van der Waals surface area contributed by atoms with Crippen LogP contribution in [0.1, 0.15) is 24.5 Å². The number of hydrogen-bond acceptors (Lipinski definition) is 4. The summed E-state index contributed by atoms with van der Waals surface area (Å²) in [6.07, 6.45) is 0.626. The Morgan fingerprint density at radius 3 is 2.76 bits per heavy atom. The third-order valence-electron chi connectivity index (χ3n) is 3.17. The number of imidazole rings is 1. The van der Waals surface area contributed by atoms with Gasteiger partial charge in [-0.2, -0.15) is 0 Å². The van der Waals surface area contributed by atoms with Crippen molar-refractivity contribution in [1.29, 1.82) is 0 Å². The Hall–Kier alpha value is -1.53. The lowest BCUT2D eigenvalue weighted by atomic mass is 10.3. The minimum Gasteiger partial charge on any atom is -0.273 e. The van der Waals surface area contributed by atoms with Gasteiger partial charge in [-0.25, -0.2) is 19.5 Å². The summed E-state index contributed by atoms with van der Waals surface area (Å²) in [5, 5.41) is 0.594. The minimum absolute atomic E-state index is 0.100. The molecule has 108 valence electrons. The van der Waals surface area contributed by atoms with Crippen molar-refractivity contribution in [1.82, 2.24) is 19.5 Å². The lowest BCUT2D eigenvalue weighted by Crippen LogP contribution is -2.21.